The van der Waals surface area contributed by atoms with Crippen LogP contribution in [-0.4, -0.2) is 55.6 Å². The number of likely N-dealkylation sites (tertiary alicyclic amines) is 1. The van der Waals surface area contributed by atoms with Crippen LogP contribution in [0.2, 0.25) is 0 Å². The maximum atomic E-state index is 12.7. The summed E-state index contributed by atoms with van der Waals surface area (Å²) < 4.78 is 47.7. The molecule has 3 unspecified atom stereocenters. The summed E-state index contributed by atoms with van der Waals surface area (Å²) >= 11 is 0. The number of carbonyl (C=O) groups is 1. The van der Waals surface area contributed by atoms with E-state index in [4.69, 9.17) is 9.57 Å². The summed E-state index contributed by atoms with van der Waals surface area (Å²) in [4.78, 5) is 19.4. The number of hydrogen-bond donors (Lipinski definition) is 2. The van der Waals surface area contributed by atoms with Crippen LogP contribution in [0.3, 0.4) is 0 Å². The Morgan fingerprint density at radius 3 is 2.56 bits per heavy atom. The summed E-state index contributed by atoms with van der Waals surface area (Å²) in [5, 5.41) is 2.54. The van der Waals surface area contributed by atoms with E-state index in [1.54, 1.807) is 6.92 Å². The molecule has 3 atom stereocenters. The summed E-state index contributed by atoms with van der Waals surface area (Å²) in [5.74, 6) is -0.912. The fourth-order valence-corrected chi connectivity index (χ4v) is 3.39. The number of rotatable bonds is 6. The third kappa shape index (κ3) is 5.02. The zero-order valence-corrected chi connectivity index (χ0v) is 15.0. The summed E-state index contributed by atoms with van der Waals surface area (Å²) in [6.45, 7) is 2.98. The second-order valence-corrected chi connectivity index (χ2v) is 6.64. The predicted molar refractivity (Wildman–Crippen MR) is 91.3 cm³/mol. The Kier molecular flexibility index (Phi) is 5.78. The van der Waals surface area contributed by atoms with Crippen molar-refractivity contribution in [3.63, 3.8) is 0 Å². The van der Waals surface area contributed by atoms with Crippen LogP contribution in [-0.2, 0) is 14.4 Å². The Bertz CT molecular complexity index is 674. The van der Waals surface area contributed by atoms with Crippen LogP contribution in [0, 0.1) is 0 Å². The van der Waals surface area contributed by atoms with Gasteiger partial charge in [0.05, 0.1) is 36.7 Å². The van der Waals surface area contributed by atoms with Crippen LogP contribution in [0.25, 0.3) is 0 Å². The van der Waals surface area contributed by atoms with Gasteiger partial charge in [0, 0.05) is 13.1 Å². The third-order valence-electron chi connectivity index (χ3n) is 4.68. The Balaban J connectivity index is 1.73. The lowest BCUT2D eigenvalue weighted by atomic mass is 10.2. The zero-order valence-electron chi connectivity index (χ0n) is 15.0. The SMILES string of the molecule is CONc1ccc(OC(F)(F)F)c(NC(=O)C(C)N2CC3CCC(C2)O3)c1. The number of nitrogens with zero attached hydrogens (tertiary/aromatic N) is 1. The standard InChI is InChI=1S/C17H22F3N3O4/c1-10(23-8-12-4-5-13(9-23)26-12)16(24)21-14-7-11(22-25-2)3-6-15(14)27-17(18,19)20/h3,6-7,10,12-13,22H,4-5,8-9H2,1-2H3,(H,21,24). The molecule has 0 aliphatic carbocycles. The molecular formula is C17H22F3N3O4. The van der Waals surface area contributed by atoms with E-state index in [0.29, 0.717) is 18.8 Å². The lowest BCUT2D eigenvalue weighted by Crippen LogP contribution is -2.51. The second-order valence-electron chi connectivity index (χ2n) is 6.64. The average molecular weight is 389 g/mol. The number of nitrogens with one attached hydrogen (secondary N) is 2. The summed E-state index contributed by atoms with van der Waals surface area (Å²) in [7, 11) is 1.37. The number of morpholine rings is 1. The van der Waals surface area contributed by atoms with Crippen molar-refractivity contribution in [2.24, 2.45) is 0 Å². The van der Waals surface area contributed by atoms with Gasteiger partial charge < -0.3 is 14.8 Å². The highest BCUT2D eigenvalue weighted by Gasteiger charge is 2.37. The van der Waals surface area contributed by atoms with Gasteiger partial charge in [-0.05, 0) is 38.0 Å². The molecule has 2 heterocycles. The topological polar surface area (TPSA) is 72.1 Å². The van der Waals surface area contributed by atoms with Gasteiger partial charge in [0.1, 0.15) is 0 Å². The molecule has 0 aromatic heterocycles. The molecule has 150 valence electrons. The average Bonchev–Trinajstić information content (AvgIpc) is 2.93. The highest BCUT2D eigenvalue weighted by atomic mass is 19.4. The van der Waals surface area contributed by atoms with E-state index >= 15 is 0 Å². The van der Waals surface area contributed by atoms with Crippen molar-refractivity contribution >= 4 is 17.3 Å². The molecule has 2 fully saturated rings. The first-order chi connectivity index (χ1) is 12.7. The van der Waals surface area contributed by atoms with Crippen LogP contribution in [0.15, 0.2) is 18.2 Å². The van der Waals surface area contributed by atoms with Gasteiger partial charge in [0.15, 0.2) is 5.75 Å². The molecule has 2 N–H and O–H groups in total. The van der Waals surface area contributed by atoms with Crippen molar-refractivity contribution in [3.05, 3.63) is 18.2 Å². The van der Waals surface area contributed by atoms with E-state index in [1.807, 2.05) is 4.90 Å². The van der Waals surface area contributed by atoms with E-state index in [-0.39, 0.29) is 17.9 Å². The van der Waals surface area contributed by atoms with Crippen molar-refractivity contribution in [3.8, 4) is 5.75 Å². The first kappa shape index (κ1) is 19.7. The van der Waals surface area contributed by atoms with E-state index < -0.39 is 24.1 Å². The molecule has 3 rings (SSSR count). The Morgan fingerprint density at radius 1 is 1.30 bits per heavy atom. The largest absolute Gasteiger partial charge is 0.573 e. The molecule has 10 heteroatoms. The molecule has 0 saturated carbocycles. The van der Waals surface area contributed by atoms with Gasteiger partial charge in [-0.25, -0.2) is 0 Å². The summed E-state index contributed by atoms with van der Waals surface area (Å²) in [5.41, 5.74) is 2.79. The number of ether oxygens (including phenoxy) is 2. The molecule has 2 bridgehead atoms. The highest BCUT2D eigenvalue weighted by Crippen LogP contribution is 2.33. The van der Waals surface area contributed by atoms with Crippen LogP contribution in [0.1, 0.15) is 19.8 Å². The number of fused-ring (bicyclic) bond motifs is 2. The Morgan fingerprint density at radius 2 is 1.96 bits per heavy atom. The number of halogens is 3. The minimum atomic E-state index is -4.87. The molecule has 1 aromatic rings. The van der Waals surface area contributed by atoms with Gasteiger partial charge in [0.25, 0.3) is 0 Å². The maximum Gasteiger partial charge on any atom is 0.573 e. The number of carbonyl (C=O) groups excluding carboxylic acids is 1. The van der Waals surface area contributed by atoms with Gasteiger partial charge >= 0.3 is 6.36 Å². The fraction of sp³-hybridized carbons (Fsp3) is 0.588. The van der Waals surface area contributed by atoms with Gasteiger partial charge in [-0.3, -0.25) is 20.0 Å². The van der Waals surface area contributed by atoms with Crippen molar-refractivity contribution in [1.82, 2.24) is 4.90 Å². The molecule has 27 heavy (non-hydrogen) atoms. The van der Waals surface area contributed by atoms with Gasteiger partial charge in [-0.1, -0.05) is 0 Å². The van der Waals surface area contributed by atoms with Gasteiger partial charge in [0.2, 0.25) is 5.91 Å². The third-order valence-corrected chi connectivity index (χ3v) is 4.68. The number of benzene rings is 1. The molecule has 2 aliphatic heterocycles. The van der Waals surface area contributed by atoms with Crippen molar-refractivity contribution in [2.45, 2.75) is 44.4 Å². The fourth-order valence-electron chi connectivity index (χ4n) is 3.39. The second kappa shape index (κ2) is 7.91. The zero-order chi connectivity index (χ0) is 19.6. The van der Waals surface area contributed by atoms with E-state index in [1.165, 1.54) is 19.2 Å². The number of anilines is 2. The quantitative estimate of drug-likeness (QED) is 0.729. The van der Waals surface area contributed by atoms with Crippen LogP contribution < -0.4 is 15.5 Å². The van der Waals surface area contributed by atoms with Crippen molar-refractivity contribution < 1.29 is 32.3 Å². The molecule has 2 aliphatic rings. The van der Waals surface area contributed by atoms with Crippen LogP contribution in [0.5, 0.6) is 5.75 Å². The smallest absolute Gasteiger partial charge is 0.404 e. The van der Waals surface area contributed by atoms with E-state index in [9.17, 15) is 18.0 Å². The first-order valence-electron chi connectivity index (χ1n) is 8.64. The molecule has 1 aromatic carbocycles. The summed E-state index contributed by atoms with van der Waals surface area (Å²) in [6, 6.07) is 3.26. The molecule has 0 spiro atoms. The highest BCUT2D eigenvalue weighted by molar-refractivity contribution is 5.96. The molecule has 2 saturated heterocycles. The molecule has 1 amide bonds. The molecule has 0 radical (unpaired) electrons. The lowest BCUT2D eigenvalue weighted by molar-refractivity contribution is -0.274. The van der Waals surface area contributed by atoms with Crippen molar-refractivity contribution in [2.75, 3.05) is 31.0 Å². The molecule has 7 nitrogen and oxygen atoms in total. The Hall–Kier alpha value is -2.04. The number of hydrogen-bond acceptors (Lipinski definition) is 6. The summed E-state index contributed by atoms with van der Waals surface area (Å²) in [6.07, 6.45) is -2.73. The minimum absolute atomic E-state index is 0.0949. The normalized spacial score (nSPS) is 23.7. The Labute approximate surface area is 154 Å². The monoisotopic (exact) mass is 389 g/mol. The molecular weight excluding hydrogens is 367 g/mol. The number of alkyl halides is 3. The van der Waals surface area contributed by atoms with Crippen molar-refractivity contribution in [1.29, 1.82) is 0 Å². The van der Waals surface area contributed by atoms with Gasteiger partial charge in [-0.15, -0.1) is 13.2 Å². The predicted octanol–water partition coefficient (Wildman–Crippen LogP) is 2.75. The lowest BCUT2D eigenvalue weighted by Gasteiger charge is -2.35. The minimum Gasteiger partial charge on any atom is -0.404 e. The number of amides is 1. The van der Waals surface area contributed by atoms with Gasteiger partial charge in [-0.2, -0.15) is 0 Å². The van der Waals surface area contributed by atoms with E-state index in [0.717, 1.165) is 18.9 Å². The van der Waals surface area contributed by atoms with Crippen LogP contribution >= 0.6 is 0 Å². The van der Waals surface area contributed by atoms with Crippen LogP contribution in [0.4, 0.5) is 24.5 Å². The van der Waals surface area contributed by atoms with E-state index in [2.05, 4.69) is 15.5 Å². The maximum absolute atomic E-state index is 12.7. The first-order valence-corrected chi connectivity index (χ1v) is 8.64.